The lowest BCUT2D eigenvalue weighted by Crippen LogP contribution is -1.91. The van der Waals surface area contributed by atoms with Gasteiger partial charge in [0.25, 0.3) is 9.05 Å². The van der Waals surface area contributed by atoms with Crippen LogP contribution in [0.15, 0.2) is 57.9 Å². The van der Waals surface area contributed by atoms with E-state index in [0.29, 0.717) is 11.5 Å². The Morgan fingerprint density at radius 3 is 2.28 bits per heavy atom. The topological polar surface area (TPSA) is 43.4 Å². The molecule has 3 nitrogen and oxygen atoms in total. The SMILES string of the molecule is O=S(=O)(Cl)c1cccc(Oc2ccc(Br)cc2)c1. The molecule has 0 radical (unpaired) electrons. The lowest BCUT2D eigenvalue weighted by Gasteiger charge is -2.06. The summed E-state index contributed by atoms with van der Waals surface area (Å²) in [6.45, 7) is 0. The Labute approximate surface area is 118 Å². The maximum Gasteiger partial charge on any atom is 0.261 e. The van der Waals surface area contributed by atoms with Gasteiger partial charge in [0.1, 0.15) is 11.5 Å². The first-order valence-corrected chi connectivity index (χ1v) is 8.03. The Kier molecular flexibility index (Phi) is 3.94. The van der Waals surface area contributed by atoms with Crippen LogP contribution in [0.5, 0.6) is 11.5 Å². The largest absolute Gasteiger partial charge is 0.457 e. The molecule has 0 aliphatic carbocycles. The maximum absolute atomic E-state index is 11.2. The minimum atomic E-state index is -3.74. The summed E-state index contributed by atoms with van der Waals surface area (Å²) in [6.07, 6.45) is 0. The van der Waals surface area contributed by atoms with Crippen LogP contribution in [0.2, 0.25) is 0 Å². The molecule has 0 heterocycles. The molecule has 0 N–H and O–H groups in total. The van der Waals surface area contributed by atoms with Crippen molar-refractivity contribution in [3.05, 3.63) is 53.0 Å². The van der Waals surface area contributed by atoms with E-state index < -0.39 is 9.05 Å². The van der Waals surface area contributed by atoms with Gasteiger partial charge in [-0.25, -0.2) is 8.42 Å². The molecule has 2 aromatic rings. The third-order valence-corrected chi connectivity index (χ3v) is 4.02. The molecular weight excluding hydrogens is 340 g/mol. The first kappa shape index (κ1) is 13.4. The van der Waals surface area contributed by atoms with Crippen molar-refractivity contribution in [1.82, 2.24) is 0 Å². The quantitative estimate of drug-likeness (QED) is 0.783. The Balaban J connectivity index is 2.27. The van der Waals surface area contributed by atoms with E-state index in [-0.39, 0.29) is 4.90 Å². The van der Waals surface area contributed by atoms with Gasteiger partial charge in [0.05, 0.1) is 4.90 Å². The molecule has 6 heteroatoms. The van der Waals surface area contributed by atoms with Gasteiger partial charge in [-0.15, -0.1) is 0 Å². The van der Waals surface area contributed by atoms with Crippen LogP contribution in [0.25, 0.3) is 0 Å². The zero-order valence-corrected chi connectivity index (χ0v) is 12.2. The predicted molar refractivity (Wildman–Crippen MR) is 73.7 cm³/mol. The van der Waals surface area contributed by atoms with E-state index in [2.05, 4.69) is 15.9 Å². The highest BCUT2D eigenvalue weighted by Gasteiger charge is 2.10. The van der Waals surface area contributed by atoms with Gasteiger partial charge in [0.15, 0.2) is 0 Å². The van der Waals surface area contributed by atoms with E-state index >= 15 is 0 Å². The first-order chi connectivity index (χ1) is 8.45. The third-order valence-electron chi connectivity index (χ3n) is 2.14. The summed E-state index contributed by atoms with van der Waals surface area (Å²) in [5, 5.41) is 0. The molecule has 0 atom stereocenters. The monoisotopic (exact) mass is 346 g/mol. The van der Waals surface area contributed by atoms with Gasteiger partial charge >= 0.3 is 0 Å². The second-order valence-electron chi connectivity index (χ2n) is 3.47. The van der Waals surface area contributed by atoms with E-state index in [0.717, 1.165) is 4.47 Å². The highest BCUT2D eigenvalue weighted by molar-refractivity contribution is 9.10. The van der Waals surface area contributed by atoms with Crippen molar-refractivity contribution in [2.75, 3.05) is 0 Å². The van der Waals surface area contributed by atoms with Gasteiger partial charge in [-0.1, -0.05) is 22.0 Å². The summed E-state index contributed by atoms with van der Waals surface area (Å²) in [7, 11) is 1.53. The van der Waals surface area contributed by atoms with Gasteiger partial charge in [0.2, 0.25) is 0 Å². The molecule has 2 aromatic carbocycles. The van der Waals surface area contributed by atoms with Crippen LogP contribution in [0, 0.1) is 0 Å². The van der Waals surface area contributed by atoms with Crippen molar-refractivity contribution < 1.29 is 13.2 Å². The summed E-state index contributed by atoms with van der Waals surface area (Å²) in [6, 6.07) is 13.2. The second kappa shape index (κ2) is 5.30. The number of ether oxygens (including phenoxy) is 1. The fourth-order valence-corrected chi connectivity index (χ4v) is 2.38. The minimum absolute atomic E-state index is 0.0128. The van der Waals surface area contributed by atoms with Crippen molar-refractivity contribution in [3.8, 4) is 11.5 Å². The third kappa shape index (κ3) is 3.48. The summed E-state index contributed by atoms with van der Waals surface area (Å²) in [5.74, 6) is 1.03. The minimum Gasteiger partial charge on any atom is -0.457 e. The molecule has 0 spiro atoms. The standard InChI is InChI=1S/C12H8BrClO3S/c13-9-4-6-10(7-5-9)17-11-2-1-3-12(8-11)18(14,15)16/h1-8H. The van der Waals surface area contributed by atoms with Crippen molar-refractivity contribution in [2.24, 2.45) is 0 Å². The number of hydrogen-bond acceptors (Lipinski definition) is 3. The van der Waals surface area contributed by atoms with E-state index in [1.54, 1.807) is 24.3 Å². The van der Waals surface area contributed by atoms with Crippen molar-refractivity contribution >= 4 is 35.7 Å². The summed E-state index contributed by atoms with van der Waals surface area (Å²) < 4.78 is 28.8. The summed E-state index contributed by atoms with van der Waals surface area (Å²) in [4.78, 5) is 0.0128. The van der Waals surface area contributed by atoms with Crippen LogP contribution in [-0.2, 0) is 9.05 Å². The van der Waals surface area contributed by atoms with E-state index in [1.165, 1.54) is 12.1 Å². The molecule has 0 saturated carbocycles. The predicted octanol–water partition coefficient (Wildman–Crippen LogP) is 4.17. The molecule has 0 fully saturated rings. The molecular formula is C12H8BrClO3S. The van der Waals surface area contributed by atoms with Crippen molar-refractivity contribution in [2.45, 2.75) is 4.90 Å². The van der Waals surface area contributed by atoms with Crippen molar-refractivity contribution in [1.29, 1.82) is 0 Å². The van der Waals surface area contributed by atoms with E-state index in [4.69, 9.17) is 15.4 Å². The molecule has 2 rings (SSSR count). The normalized spacial score (nSPS) is 11.2. The lowest BCUT2D eigenvalue weighted by atomic mass is 10.3. The highest BCUT2D eigenvalue weighted by atomic mass is 79.9. The smallest absolute Gasteiger partial charge is 0.261 e. The molecule has 0 aliphatic rings. The average Bonchev–Trinajstić information content (AvgIpc) is 2.31. The van der Waals surface area contributed by atoms with Gasteiger partial charge in [-0.2, -0.15) is 0 Å². The Morgan fingerprint density at radius 1 is 1.00 bits per heavy atom. The van der Waals surface area contributed by atoms with Crippen LogP contribution >= 0.6 is 26.6 Å². The number of hydrogen-bond donors (Lipinski definition) is 0. The van der Waals surface area contributed by atoms with Crippen LogP contribution in [0.4, 0.5) is 0 Å². The molecule has 94 valence electrons. The summed E-state index contributed by atoms with van der Waals surface area (Å²) in [5.41, 5.74) is 0. The molecule has 18 heavy (non-hydrogen) atoms. The molecule has 0 bridgehead atoms. The van der Waals surface area contributed by atoms with Crippen LogP contribution in [-0.4, -0.2) is 8.42 Å². The number of rotatable bonds is 3. The molecule has 0 unspecified atom stereocenters. The van der Waals surface area contributed by atoms with Crippen LogP contribution in [0.1, 0.15) is 0 Å². The number of halogens is 2. The molecule has 0 aliphatic heterocycles. The fourth-order valence-electron chi connectivity index (χ4n) is 1.33. The van der Waals surface area contributed by atoms with Gasteiger partial charge in [-0.3, -0.25) is 0 Å². The second-order valence-corrected chi connectivity index (χ2v) is 6.95. The van der Waals surface area contributed by atoms with Gasteiger partial charge in [0, 0.05) is 21.2 Å². The van der Waals surface area contributed by atoms with Gasteiger partial charge < -0.3 is 4.74 Å². The Bertz CT molecular complexity index is 653. The Morgan fingerprint density at radius 2 is 1.67 bits per heavy atom. The molecule has 0 aromatic heterocycles. The zero-order chi connectivity index (χ0) is 13.2. The first-order valence-electron chi connectivity index (χ1n) is 4.93. The van der Waals surface area contributed by atoms with Gasteiger partial charge in [-0.05, 0) is 36.4 Å². The van der Waals surface area contributed by atoms with Crippen LogP contribution < -0.4 is 4.74 Å². The molecule has 0 amide bonds. The average molecular weight is 348 g/mol. The lowest BCUT2D eigenvalue weighted by molar-refractivity contribution is 0.481. The van der Waals surface area contributed by atoms with E-state index in [9.17, 15) is 8.42 Å². The molecule has 0 saturated heterocycles. The number of benzene rings is 2. The highest BCUT2D eigenvalue weighted by Crippen LogP contribution is 2.26. The maximum atomic E-state index is 11.2. The fraction of sp³-hybridized carbons (Fsp3) is 0. The van der Waals surface area contributed by atoms with Crippen LogP contribution in [0.3, 0.4) is 0 Å². The van der Waals surface area contributed by atoms with E-state index in [1.807, 2.05) is 12.1 Å². The van der Waals surface area contributed by atoms with Crippen molar-refractivity contribution in [3.63, 3.8) is 0 Å². The Hall–Kier alpha value is -1.04. The zero-order valence-electron chi connectivity index (χ0n) is 9.01. The summed E-state index contributed by atoms with van der Waals surface area (Å²) >= 11 is 3.32.